The molecule has 0 saturated heterocycles. The molecule has 1 atom stereocenters. The van der Waals surface area contributed by atoms with Crippen molar-refractivity contribution in [2.45, 2.75) is 37.8 Å². The molecule has 5 nitrogen and oxygen atoms in total. The van der Waals surface area contributed by atoms with E-state index in [1.54, 1.807) is 0 Å². The Morgan fingerprint density at radius 2 is 2.10 bits per heavy atom. The van der Waals surface area contributed by atoms with Gasteiger partial charge in [-0.25, -0.2) is 0 Å². The average molecular weight is 322 g/mol. The highest BCUT2D eigenvalue weighted by Gasteiger charge is 2.17. The minimum atomic E-state index is -0.221. The van der Waals surface area contributed by atoms with Gasteiger partial charge in [0.2, 0.25) is 5.88 Å². The molecule has 0 radical (unpaired) electrons. The SMILES string of the molecule is CCCC(C)c1c(O)nc(SCCN(C)C)[nH]c1=O.Cl. The Morgan fingerprint density at radius 3 is 2.60 bits per heavy atom. The van der Waals surface area contributed by atoms with Gasteiger partial charge in [-0.3, -0.25) is 4.79 Å². The Morgan fingerprint density at radius 1 is 1.45 bits per heavy atom. The molecule has 2 N–H and O–H groups in total. The van der Waals surface area contributed by atoms with Gasteiger partial charge >= 0.3 is 0 Å². The molecule has 1 aromatic heterocycles. The predicted molar refractivity (Wildman–Crippen MR) is 86.4 cm³/mol. The van der Waals surface area contributed by atoms with E-state index in [4.69, 9.17) is 0 Å². The van der Waals surface area contributed by atoms with Gasteiger partial charge in [0.25, 0.3) is 5.56 Å². The lowest BCUT2D eigenvalue weighted by atomic mass is 9.99. The van der Waals surface area contributed by atoms with Crippen molar-refractivity contribution in [1.82, 2.24) is 14.9 Å². The van der Waals surface area contributed by atoms with Gasteiger partial charge in [-0.2, -0.15) is 4.98 Å². The number of aromatic amines is 1. The fraction of sp³-hybridized carbons (Fsp3) is 0.692. The lowest BCUT2D eigenvalue weighted by Gasteiger charge is -2.12. The van der Waals surface area contributed by atoms with Crippen LogP contribution in [-0.4, -0.2) is 46.4 Å². The van der Waals surface area contributed by atoms with Crippen molar-refractivity contribution >= 4 is 24.2 Å². The van der Waals surface area contributed by atoms with Crippen LogP contribution in [0.15, 0.2) is 9.95 Å². The van der Waals surface area contributed by atoms with Crippen molar-refractivity contribution in [3.63, 3.8) is 0 Å². The van der Waals surface area contributed by atoms with Crippen LogP contribution in [0.5, 0.6) is 5.88 Å². The number of nitrogens with one attached hydrogen (secondary N) is 1. The second-order valence-electron chi connectivity index (χ2n) is 4.95. The number of aromatic hydroxyl groups is 1. The van der Waals surface area contributed by atoms with E-state index >= 15 is 0 Å². The lowest BCUT2D eigenvalue weighted by molar-refractivity contribution is 0.426. The summed E-state index contributed by atoms with van der Waals surface area (Å²) in [5, 5.41) is 10.4. The molecule has 0 bridgehead atoms. The van der Waals surface area contributed by atoms with Crippen LogP contribution in [0.1, 0.15) is 38.2 Å². The van der Waals surface area contributed by atoms with E-state index in [0.717, 1.165) is 25.1 Å². The van der Waals surface area contributed by atoms with Crippen molar-refractivity contribution in [2.75, 3.05) is 26.4 Å². The number of H-pyrrole nitrogens is 1. The maximum Gasteiger partial charge on any atom is 0.258 e. The number of nitrogens with zero attached hydrogens (tertiary/aromatic N) is 2. The fourth-order valence-corrected chi connectivity index (χ4v) is 2.83. The maximum atomic E-state index is 12.0. The molecule has 0 aliphatic heterocycles. The summed E-state index contributed by atoms with van der Waals surface area (Å²) in [6.45, 7) is 4.89. The molecular formula is C13H24ClN3O2S. The number of rotatable bonds is 7. The highest BCUT2D eigenvalue weighted by molar-refractivity contribution is 7.99. The molecular weight excluding hydrogens is 298 g/mol. The zero-order valence-corrected chi connectivity index (χ0v) is 14.1. The number of halogens is 1. The lowest BCUT2D eigenvalue weighted by Crippen LogP contribution is -2.18. The van der Waals surface area contributed by atoms with Gasteiger partial charge < -0.3 is 15.0 Å². The topological polar surface area (TPSA) is 69.2 Å². The van der Waals surface area contributed by atoms with Crippen molar-refractivity contribution < 1.29 is 5.11 Å². The van der Waals surface area contributed by atoms with Gasteiger partial charge in [-0.05, 0) is 26.4 Å². The van der Waals surface area contributed by atoms with Crippen LogP contribution >= 0.6 is 24.2 Å². The first kappa shape index (κ1) is 19.3. The molecule has 20 heavy (non-hydrogen) atoms. The summed E-state index contributed by atoms with van der Waals surface area (Å²) in [6.07, 6.45) is 1.84. The molecule has 7 heteroatoms. The summed E-state index contributed by atoms with van der Waals surface area (Å²) < 4.78 is 0. The van der Waals surface area contributed by atoms with Crippen LogP contribution < -0.4 is 5.56 Å². The Hall–Kier alpha value is -0.720. The quantitative estimate of drug-likeness (QED) is 0.596. The predicted octanol–water partition coefficient (Wildman–Crippen LogP) is 2.45. The maximum absolute atomic E-state index is 12.0. The first-order chi connectivity index (χ1) is 8.95. The summed E-state index contributed by atoms with van der Waals surface area (Å²) >= 11 is 1.44. The van der Waals surface area contributed by atoms with Gasteiger partial charge in [-0.15, -0.1) is 12.4 Å². The minimum absolute atomic E-state index is 0. The molecule has 0 saturated carbocycles. The summed E-state index contributed by atoms with van der Waals surface area (Å²) in [5.74, 6) is 0.721. The molecule has 0 amide bonds. The zero-order chi connectivity index (χ0) is 14.4. The first-order valence-electron chi connectivity index (χ1n) is 6.56. The second kappa shape index (κ2) is 9.26. The Bertz CT molecular complexity index is 465. The third-order valence-electron chi connectivity index (χ3n) is 2.91. The summed E-state index contributed by atoms with van der Waals surface area (Å²) in [7, 11) is 3.98. The molecule has 0 aliphatic carbocycles. The van der Waals surface area contributed by atoms with Crippen molar-refractivity contribution in [2.24, 2.45) is 0 Å². The average Bonchev–Trinajstić information content (AvgIpc) is 2.27. The number of hydrogen-bond donors (Lipinski definition) is 2. The van der Waals surface area contributed by atoms with Crippen LogP contribution in [0.25, 0.3) is 0 Å². The molecule has 0 aliphatic rings. The van der Waals surface area contributed by atoms with Gasteiger partial charge in [0.1, 0.15) is 0 Å². The minimum Gasteiger partial charge on any atom is -0.493 e. The number of thioether (sulfide) groups is 1. The van der Waals surface area contributed by atoms with Gasteiger partial charge in [0.05, 0.1) is 5.56 Å². The molecule has 0 spiro atoms. The Labute approximate surface area is 130 Å². The summed E-state index contributed by atoms with van der Waals surface area (Å²) in [5.41, 5.74) is 0.180. The smallest absolute Gasteiger partial charge is 0.258 e. The van der Waals surface area contributed by atoms with Crippen molar-refractivity contribution in [3.8, 4) is 5.88 Å². The van der Waals surface area contributed by atoms with Gasteiger partial charge in [0.15, 0.2) is 5.16 Å². The van der Waals surface area contributed by atoms with Crippen LogP contribution in [0.2, 0.25) is 0 Å². The van der Waals surface area contributed by atoms with Crippen LogP contribution in [0, 0.1) is 0 Å². The van der Waals surface area contributed by atoms with E-state index < -0.39 is 0 Å². The Balaban J connectivity index is 0.00000361. The van der Waals surface area contributed by atoms with E-state index in [1.807, 2.05) is 21.0 Å². The number of hydrogen-bond acceptors (Lipinski definition) is 5. The third-order valence-corrected chi connectivity index (χ3v) is 3.76. The van der Waals surface area contributed by atoms with Crippen molar-refractivity contribution in [3.05, 3.63) is 15.9 Å². The normalized spacial score (nSPS) is 12.2. The van der Waals surface area contributed by atoms with Crippen molar-refractivity contribution in [1.29, 1.82) is 0 Å². The standard InChI is InChI=1S/C13H23N3O2S.ClH/c1-5-6-9(2)10-11(17)14-13(15-12(10)18)19-8-7-16(3)4;/h9H,5-8H2,1-4H3,(H2,14,15,17,18);1H. The van der Waals surface area contributed by atoms with Crippen LogP contribution in [0.4, 0.5) is 0 Å². The van der Waals surface area contributed by atoms with E-state index in [0.29, 0.717) is 10.7 Å². The second-order valence-corrected chi connectivity index (χ2v) is 6.03. The zero-order valence-electron chi connectivity index (χ0n) is 12.5. The largest absolute Gasteiger partial charge is 0.493 e. The molecule has 1 heterocycles. The molecule has 0 aromatic carbocycles. The monoisotopic (exact) mass is 321 g/mol. The molecule has 0 fully saturated rings. The molecule has 116 valence electrons. The summed E-state index contributed by atoms with van der Waals surface area (Å²) in [4.78, 5) is 20.9. The van der Waals surface area contributed by atoms with E-state index in [9.17, 15) is 9.90 Å². The van der Waals surface area contributed by atoms with E-state index in [-0.39, 0.29) is 29.8 Å². The van der Waals surface area contributed by atoms with Gasteiger partial charge in [-0.1, -0.05) is 32.0 Å². The highest BCUT2D eigenvalue weighted by Crippen LogP contribution is 2.25. The van der Waals surface area contributed by atoms with E-state index in [1.165, 1.54) is 11.8 Å². The molecule has 1 aromatic rings. The van der Waals surface area contributed by atoms with Crippen LogP contribution in [0.3, 0.4) is 0 Å². The van der Waals surface area contributed by atoms with Gasteiger partial charge in [0, 0.05) is 12.3 Å². The number of aromatic nitrogens is 2. The Kier molecular flexibility index (Phi) is 8.93. The first-order valence-corrected chi connectivity index (χ1v) is 7.55. The summed E-state index contributed by atoms with van der Waals surface area (Å²) in [6, 6.07) is 0. The molecule has 1 unspecified atom stereocenters. The van der Waals surface area contributed by atoms with Crippen LogP contribution in [-0.2, 0) is 0 Å². The third kappa shape index (κ3) is 5.73. The molecule has 1 rings (SSSR count). The van der Waals surface area contributed by atoms with E-state index in [2.05, 4.69) is 21.8 Å². The fourth-order valence-electron chi connectivity index (χ4n) is 1.87. The highest BCUT2D eigenvalue weighted by atomic mass is 35.5.